The van der Waals surface area contributed by atoms with Crippen molar-refractivity contribution in [2.75, 3.05) is 19.7 Å². The van der Waals surface area contributed by atoms with E-state index < -0.39 is 0 Å². The van der Waals surface area contributed by atoms with Gasteiger partial charge in [0, 0.05) is 25.6 Å². The number of aromatic amines is 1. The molecule has 1 aliphatic heterocycles. The molecule has 0 aromatic carbocycles. The van der Waals surface area contributed by atoms with E-state index in [1.807, 2.05) is 13.0 Å². The van der Waals surface area contributed by atoms with Crippen LogP contribution in [0.3, 0.4) is 0 Å². The van der Waals surface area contributed by atoms with Crippen LogP contribution >= 0.6 is 0 Å². The first-order valence-corrected chi connectivity index (χ1v) is 7.42. The first-order valence-electron chi connectivity index (χ1n) is 7.42. The number of nitrogens with one attached hydrogen (secondary N) is 1. The molecule has 0 spiro atoms. The lowest BCUT2D eigenvalue weighted by atomic mass is 10.2. The normalized spacial score (nSPS) is 20.0. The zero-order valence-corrected chi connectivity index (χ0v) is 12.5. The Morgan fingerprint density at radius 2 is 2.38 bits per heavy atom. The molecule has 3 rings (SSSR count). The van der Waals surface area contributed by atoms with Crippen LogP contribution in [0.1, 0.15) is 42.6 Å². The number of rotatable bonds is 5. The van der Waals surface area contributed by atoms with E-state index in [1.165, 1.54) is 0 Å². The van der Waals surface area contributed by atoms with Crippen LogP contribution in [-0.2, 0) is 17.7 Å². The largest absolute Gasteiger partial charge is 0.367 e. The van der Waals surface area contributed by atoms with Gasteiger partial charge in [-0.15, -0.1) is 0 Å². The standard InChI is InChI=1S/C14H21N5O2/c1-3-4-13-15-14(17-16-13)12-9-19(5-6-20-12)8-11-7-10(2)18-21-11/h7,12H,3-6,8-9H2,1-2H3,(H,15,16,17)/t12-/m0/s1. The molecule has 0 bridgehead atoms. The molecular weight excluding hydrogens is 270 g/mol. The van der Waals surface area contributed by atoms with Crippen molar-refractivity contribution in [3.8, 4) is 0 Å². The van der Waals surface area contributed by atoms with Crippen LogP contribution in [0.5, 0.6) is 0 Å². The van der Waals surface area contributed by atoms with E-state index in [0.29, 0.717) is 6.61 Å². The molecule has 1 atom stereocenters. The number of hydrogen-bond donors (Lipinski definition) is 1. The van der Waals surface area contributed by atoms with Crippen molar-refractivity contribution in [2.45, 2.75) is 39.3 Å². The molecule has 0 unspecified atom stereocenters. The molecule has 3 heterocycles. The molecule has 0 saturated carbocycles. The molecule has 1 aliphatic rings. The van der Waals surface area contributed by atoms with E-state index in [0.717, 1.165) is 55.6 Å². The van der Waals surface area contributed by atoms with Gasteiger partial charge >= 0.3 is 0 Å². The molecule has 7 nitrogen and oxygen atoms in total. The fourth-order valence-corrected chi connectivity index (χ4v) is 2.52. The molecule has 0 aliphatic carbocycles. The highest BCUT2D eigenvalue weighted by Crippen LogP contribution is 2.21. The van der Waals surface area contributed by atoms with E-state index in [1.54, 1.807) is 0 Å². The molecule has 1 N–H and O–H groups in total. The van der Waals surface area contributed by atoms with Gasteiger partial charge in [0.1, 0.15) is 11.9 Å². The van der Waals surface area contributed by atoms with E-state index in [-0.39, 0.29) is 6.10 Å². The molecule has 1 fully saturated rings. The van der Waals surface area contributed by atoms with E-state index in [9.17, 15) is 0 Å². The van der Waals surface area contributed by atoms with Crippen LogP contribution in [0.2, 0.25) is 0 Å². The van der Waals surface area contributed by atoms with Crippen LogP contribution in [0.25, 0.3) is 0 Å². The van der Waals surface area contributed by atoms with E-state index >= 15 is 0 Å². The number of morpholine rings is 1. The van der Waals surface area contributed by atoms with Crippen molar-refractivity contribution in [3.05, 3.63) is 29.2 Å². The minimum absolute atomic E-state index is 0.0791. The molecular formula is C14H21N5O2. The summed E-state index contributed by atoms with van der Waals surface area (Å²) in [5, 5.41) is 11.2. The van der Waals surface area contributed by atoms with Gasteiger partial charge in [-0.25, -0.2) is 4.98 Å². The molecule has 21 heavy (non-hydrogen) atoms. The highest BCUT2D eigenvalue weighted by atomic mass is 16.5. The lowest BCUT2D eigenvalue weighted by Gasteiger charge is -2.30. The minimum Gasteiger partial charge on any atom is -0.367 e. The van der Waals surface area contributed by atoms with Crippen molar-refractivity contribution in [1.29, 1.82) is 0 Å². The molecule has 2 aromatic rings. The second-order valence-electron chi connectivity index (χ2n) is 5.42. The highest BCUT2D eigenvalue weighted by Gasteiger charge is 2.26. The summed E-state index contributed by atoms with van der Waals surface area (Å²) in [5.74, 6) is 2.56. The van der Waals surface area contributed by atoms with Crippen molar-refractivity contribution in [1.82, 2.24) is 25.2 Å². The van der Waals surface area contributed by atoms with E-state index in [2.05, 4.69) is 32.2 Å². The topological polar surface area (TPSA) is 80.1 Å². The van der Waals surface area contributed by atoms with Crippen molar-refractivity contribution in [2.24, 2.45) is 0 Å². The summed E-state index contributed by atoms with van der Waals surface area (Å²) in [6, 6.07) is 1.97. The zero-order valence-electron chi connectivity index (χ0n) is 12.5. The summed E-state index contributed by atoms with van der Waals surface area (Å²) in [5.41, 5.74) is 0.910. The summed E-state index contributed by atoms with van der Waals surface area (Å²) in [7, 11) is 0. The molecule has 2 aromatic heterocycles. The second kappa shape index (κ2) is 6.36. The van der Waals surface area contributed by atoms with Crippen LogP contribution in [0.4, 0.5) is 0 Å². The maximum atomic E-state index is 5.80. The molecule has 0 radical (unpaired) electrons. The SMILES string of the molecule is CCCc1nc([C@@H]2CN(Cc3cc(C)no3)CCO2)n[nH]1. The summed E-state index contributed by atoms with van der Waals surface area (Å²) in [6.45, 7) is 7.12. The third-order valence-electron chi connectivity index (χ3n) is 3.53. The Hall–Kier alpha value is -1.73. The first-order chi connectivity index (χ1) is 10.2. The number of aryl methyl sites for hydroxylation is 2. The van der Waals surface area contributed by atoms with Gasteiger partial charge in [0.2, 0.25) is 0 Å². The average molecular weight is 291 g/mol. The summed E-state index contributed by atoms with van der Waals surface area (Å²) in [4.78, 5) is 6.80. The fourth-order valence-electron chi connectivity index (χ4n) is 2.52. The number of nitrogens with zero attached hydrogens (tertiary/aromatic N) is 4. The predicted molar refractivity (Wildman–Crippen MR) is 75.6 cm³/mol. The van der Waals surface area contributed by atoms with Crippen molar-refractivity contribution < 1.29 is 9.26 Å². The van der Waals surface area contributed by atoms with Gasteiger partial charge in [-0.1, -0.05) is 12.1 Å². The molecule has 114 valence electrons. The van der Waals surface area contributed by atoms with Crippen LogP contribution in [0, 0.1) is 6.92 Å². The predicted octanol–water partition coefficient (Wildman–Crippen LogP) is 1.63. The quantitative estimate of drug-likeness (QED) is 0.902. The van der Waals surface area contributed by atoms with Gasteiger partial charge in [-0.05, 0) is 13.3 Å². The van der Waals surface area contributed by atoms with Gasteiger partial charge in [-0.2, -0.15) is 5.10 Å². The lowest BCUT2D eigenvalue weighted by Crippen LogP contribution is -2.38. The third-order valence-corrected chi connectivity index (χ3v) is 3.53. The second-order valence-corrected chi connectivity index (χ2v) is 5.42. The van der Waals surface area contributed by atoms with E-state index in [4.69, 9.17) is 9.26 Å². The molecule has 1 saturated heterocycles. The average Bonchev–Trinajstić information content (AvgIpc) is 3.09. The number of hydrogen-bond acceptors (Lipinski definition) is 6. The van der Waals surface area contributed by atoms with Crippen LogP contribution in [-0.4, -0.2) is 44.9 Å². The lowest BCUT2D eigenvalue weighted by molar-refractivity contribution is -0.0391. The van der Waals surface area contributed by atoms with Gasteiger partial charge in [0.15, 0.2) is 11.6 Å². The zero-order chi connectivity index (χ0) is 14.7. The van der Waals surface area contributed by atoms with Crippen molar-refractivity contribution >= 4 is 0 Å². The highest BCUT2D eigenvalue weighted by molar-refractivity contribution is 5.03. The maximum Gasteiger partial charge on any atom is 0.180 e. The smallest absolute Gasteiger partial charge is 0.180 e. The molecule has 7 heteroatoms. The Kier molecular flexibility index (Phi) is 4.31. The minimum atomic E-state index is -0.0791. The number of aromatic nitrogens is 4. The Balaban J connectivity index is 1.61. The van der Waals surface area contributed by atoms with Crippen molar-refractivity contribution in [3.63, 3.8) is 0 Å². The Bertz CT molecular complexity index is 579. The monoisotopic (exact) mass is 291 g/mol. The van der Waals surface area contributed by atoms with Gasteiger partial charge in [-0.3, -0.25) is 10.00 Å². The maximum absolute atomic E-state index is 5.80. The number of ether oxygens (including phenoxy) is 1. The molecule has 0 amide bonds. The van der Waals surface area contributed by atoms with Gasteiger partial charge < -0.3 is 9.26 Å². The van der Waals surface area contributed by atoms with Gasteiger partial charge in [0.05, 0.1) is 18.8 Å². The Morgan fingerprint density at radius 3 is 3.14 bits per heavy atom. The summed E-state index contributed by atoms with van der Waals surface area (Å²) < 4.78 is 11.1. The number of H-pyrrole nitrogens is 1. The van der Waals surface area contributed by atoms with Crippen LogP contribution in [0.15, 0.2) is 10.6 Å². The Labute approximate surface area is 123 Å². The van der Waals surface area contributed by atoms with Crippen LogP contribution < -0.4 is 0 Å². The fraction of sp³-hybridized carbons (Fsp3) is 0.643. The third kappa shape index (κ3) is 3.48. The van der Waals surface area contributed by atoms with Gasteiger partial charge in [0.25, 0.3) is 0 Å². The Morgan fingerprint density at radius 1 is 1.48 bits per heavy atom. The summed E-state index contributed by atoms with van der Waals surface area (Å²) in [6.07, 6.45) is 1.89. The first kappa shape index (κ1) is 14.2. The summed E-state index contributed by atoms with van der Waals surface area (Å²) >= 11 is 0.